The third kappa shape index (κ3) is 2.66. The Kier molecular flexibility index (Phi) is 4.05. The third-order valence-corrected chi connectivity index (χ3v) is 4.42. The summed E-state index contributed by atoms with van der Waals surface area (Å²) in [6.07, 6.45) is -1.75. The van der Waals surface area contributed by atoms with E-state index in [0.717, 1.165) is 18.4 Å². The molecule has 1 N–H and O–H groups in total. The van der Waals surface area contributed by atoms with Gasteiger partial charge in [-0.1, -0.05) is 6.92 Å². The van der Waals surface area contributed by atoms with Crippen LogP contribution in [-0.4, -0.2) is 20.9 Å². The van der Waals surface area contributed by atoms with Gasteiger partial charge in [0.1, 0.15) is 0 Å². The first-order valence-corrected chi connectivity index (χ1v) is 7.31. The zero-order valence-electron chi connectivity index (χ0n) is 10.4. The molecule has 1 aromatic carbocycles. The van der Waals surface area contributed by atoms with Gasteiger partial charge in [-0.3, -0.25) is 0 Å². The van der Waals surface area contributed by atoms with E-state index in [-0.39, 0.29) is 22.3 Å². The Morgan fingerprint density at radius 2 is 2.00 bits per heavy atom. The third-order valence-electron chi connectivity index (χ3n) is 2.87. The highest BCUT2D eigenvalue weighted by Crippen LogP contribution is 2.26. The predicted molar refractivity (Wildman–Crippen MR) is 66.6 cm³/mol. The van der Waals surface area contributed by atoms with Gasteiger partial charge in [0, 0.05) is 5.39 Å². The number of benzene rings is 1. The highest BCUT2D eigenvalue weighted by Gasteiger charge is 2.27. The minimum Gasteiger partial charge on any atom is -0.461 e. The number of fused-ring (bicyclic) bond motifs is 1. The lowest BCUT2D eigenvalue weighted by Gasteiger charge is -2.16. The Morgan fingerprint density at radius 3 is 2.60 bits per heavy atom. The van der Waals surface area contributed by atoms with Crippen molar-refractivity contribution in [2.75, 3.05) is 0 Å². The molecule has 4 nitrogen and oxygen atoms in total. The average molecular weight is 307 g/mol. The van der Waals surface area contributed by atoms with Crippen LogP contribution in [0.4, 0.5) is 13.2 Å². The summed E-state index contributed by atoms with van der Waals surface area (Å²) in [7, 11) is -4.19. The molecule has 1 aromatic heterocycles. The molecular weight excluding hydrogens is 295 g/mol. The molecule has 0 bridgehead atoms. The molecule has 0 aliphatic carbocycles. The van der Waals surface area contributed by atoms with Gasteiger partial charge in [0.05, 0.1) is 17.2 Å². The van der Waals surface area contributed by atoms with E-state index >= 15 is 0 Å². The lowest BCUT2D eigenvalue weighted by molar-refractivity contribution is 0.107. The van der Waals surface area contributed by atoms with E-state index in [9.17, 15) is 21.6 Å². The monoisotopic (exact) mass is 307 g/mol. The van der Waals surface area contributed by atoms with Crippen LogP contribution in [0.3, 0.4) is 0 Å². The van der Waals surface area contributed by atoms with Crippen molar-refractivity contribution in [3.63, 3.8) is 0 Å². The highest BCUT2D eigenvalue weighted by molar-refractivity contribution is 7.89. The summed E-state index contributed by atoms with van der Waals surface area (Å²) >= 11 is 0. The van der Waals surface area contributed by atoms with E-state index in [1.54, 1.807) is 0 Å². The van der Waals surface area contributed by atoms with Crippen molar-refractivity contribution in [2.24, 2.45) is 0 Å². The van der Waals surface area contributed by atoms with Crippen LogP contribution in [0.25, 0.3) is 11.0 Å². The molecule has 0 radical (unpaired) electrons. The second kappa shape index (κ2) is 5.45. The van der Waals surface area contributed by atoms with Gasteiger partial charge in [-0.05, 0) is 24.6 Å². The average Bonchev–Trinajstić information content (AvgIpc) is 2.85. The predicted octanol–water partition coefficient (Wildman–Crippen LogP) is 2.89. The number of furan rings is 1. The molecule has 0 aliphatic rings. The number of halogens is 3. The van der Waals surface area contributed by atoms with Gasteiger partial charge >= 0.3 is 0 Å². The Bertz CT molecular complexity index is 712. The van der Waals surface area contributed by atoms with Gasteiger partial charge in [-0.25, -0.2) is 26.3 Å². The van der Waals surface area contributed by atoms with Crippen LogP contribution in [0, 0.1) is 5.82 Å². The molecule has 20 heavy (non-hydrogen) atoms. The first-order valence-electron chi connectivity index (χ1n) is 5.83. The standard InChI is InChI=1S/C12H12F3NO3S/c1-2-9(12(14)15)16-20(17,18)10-4-3-8(13)11-7(10)5-6-19-11/h3-6,9,12,16H,2H2,1H3. The van der Waals surface area contributed by atoms with Gasteiger partial charge < -0.3 is 4.42 Å². The van der Waals surface area contributed by atoms with E-state index in [1.807, 2.05) is 4.72 Å². The highest BCUT2D eigenvalue weighted by atomic mass is 32.2. The second-order valence-electron chi connectivity index (χ2n) is 4.18. The van der Waals surface area contributed by atoms with Crippen molar-refractivity contribution in [1.82, 2.24) is 4.72 Å². The largest absolute Gasteiger partial charge is 0.461 e. The fourth-order valence-corrected chi connectivity index (χ4v) is 3.31. The van der Waals surface area contributed by atoms with Crippen molar-refractivity contribution >= 4 is 21.0 Å². The zero-order chi connectivity index (χ0) is 14.9. The van der Waals surface area contributed by atoms with Crippen molar-refractivity contribution in [3.8, 4) is 0 Å². The molecule has 0 aliphatic heterocycles. The molecule has 0 amide bonds. The number of hydrogen-bond acceptors (Lipinski definition) is 3. The van der Waals surface area contributed by atoms with Crippen molar-refractivity contribution in [2.45, 2.75) is 30.7 Å². The number of nitrogens with one attached hydrogen (secondary N) is 1. The fraction of sp³-hybridized carbons (Fsp3) is 0.333. The molecule has 2 rings (SSSR count). The Morgan fingerprint density at radius 1 is 1.30 bits per heavy atom. The quantitative estimate of drug-likeness (QED) is 0.924. The van der Waals surface area contributed by atoms with Crippen LogP contribution < -0.4 is 4.72 Å². The molecule has 0 fully saturated rings. The van der Waals surface area contributed by atoms with Crippen LogP contribution in [0.2, 0.25) is 0 Å². The zero-order valence-corrected chi connectivity index (χ0v) is 11.3. The molecule has 8 heteroatoms. The van der Waals surface area contributed by atoms with E-state index in [1.165, 1.54) is 13.0 Å². The van der Waals surface area contributed by atoms with Crippen molar-refractivity contribution < 1.29 is 26.0 Å². The maximum Gasteiger partial charge on any atom is 0.254 e. The lowest BCUT2D eigenvalue weighted by atomic mass is 10.2. The minimum absolute atomic E-state index is 0.0154. The fourth-order valence-electron chi connectivity index (χ4n) is 1.81. The summed E-state index contributed by atoms with van der Waals surface area (Å²) in [6, 6.07) is 1.72. The second-order valence-corrected chi connectivity index (χ2v) is 5.86. The van der Waals surface area contributed by atoms with Crippen LogP contribution >= 0.6 is 0 Å². The SMILES string of the molecule is CCC(NS(=O)(=O)c1ccc(F)c2occc12)C(F)F. The number of rotatable bonds is 5. The molecule has 1 heterocycles. The first-order chi connectivity index (χ1) is 9.36. The molecule has 0 spiro atoms. The summed E-state index contributed by atoms with van der Waals surface area (Å²) in [4.78, 5) is -0.290. The molecule has 0 saturated carbocycles. The summed E-state index contributed by atoms with van der Waals surface area (Å²) in [5.41, 5.74) is -0.224. The Balaban J connectivity index is 2.47. The van der Waals surface area contributed by atoms with E-state index < -0.39 is 28.3 Å². The number of hydrogen-bond donors (Lipinski definition) is 1. The number of alkyl halides is 2. The molecule has 0 saturated heterocycles. The maximum absolute atomic E-state index is 13.4. The van der Waals surface area contributed by atoms with E-state index in [0.29, 0.717) is 0 Å². The normalized spacial score (nSPS) is 14.1. The van der Waals surface area contributed by atoms with Gasteiger partial charge in [0.15, 0.2) is 11.4 Å². The molecular formula is C12H12F3NO3S. The van der Waals surface area contributed by atoms with Crippen molar-refractivity contribution in [3.05, 3.63) is 30.3 Å². The Hall–Kier alpha value is -1.54. The summed E-state index contributed by atoms with van der Waals surface area (Å²) in [5.74, 6) is -0.718. The summed E-state index contributed by atoms with van der Waals surface area (Å²) in [6.45, 7) is 1.44. The van der Waals surface area contributed by atoms with Crippen molar-refractivity contribution in [1.29, 1.82) is 0 Å². The smallest absolute Gasteiger partial charge is 0.254 e. The molecule has 1 atom stereocenters. The molecule has 1 unspecified atom stereocenters. The van der Waals surface area contributed by atoms with Gasteiger partial charge in [0.2, 0.25) is 10.0 Å². The van der Waals surface area contributed by atoms with Crippen LogP contribution in [0.1, 0.15) is 13.3 Å². The maximum atomic E-state index is 13.4. The van der Waals surface area contributed by atoms with Crippen LogP contribution in [0.15, 0.2) is 33.8 Å². The Labute approximate surface area is 113 Å². The molecule has 110 valence electrons. The lowest BCUT2D eigenvalue weighted by Crippen LogP contribution is -2.39. The van der Waals surface area contributed by atoms with Gasteiger partial charge in [0.25, 0.3) is 6.43 Å². The van der Waals surface area contributed by atoms with E-state index in [2.05, 4.69) is 0 Å². The van der Waals surface area contributed by atoms with E-state index in [4.69, 9.17) is 4.42 Å². The molecule has 2 aromatic rings. The van der Waals surface area contributed by atoms with Crippen LogP contribution in [0.5, 0.6) is 0 Å². The van der Waals surface area contributed by atoms with Gasteiger partial charge in [-0.15, -0.1) is 0 Å². The minimum atomic E-state index is -4.19. The first kappa shape index (κ1) is 14.9. The topological polar surface area (TPSA) is 59.3 Å². The summed E-state index contributed by atoms with van der Waals surface area (Å²) < 4.78 is 69.7. The van der Waals surface area contributed by atoms with Crippen LogP contribution in [-0.2, 0) is 10.0 Å². The number of sulfonamides is 1. The summed E-state index contributed by atoms with van der Waals surface area (Å²) in [5, 5.41) is 0.0154. The van der Waals surface area contributed by atoms with Gasteiger partial charge in [-0.2, -0.15) is 0 Å².